The predicted octanol–water partition coefficient (Wildman–Crippen LogP) is -0.626. The number of carboxylic acid groups (broad SMARTS) is 1. The Morgan fingerprint density at radius 1 is 1.31 bits per heavy atom. The fourth-order valence-electron chi connectivity index (χ4n) is 1.46. The number of aliphatic carboxylic acids is 1. The van der Waals surface area contributed by atoms with Gasteiger partial charge in [-0.3, -0.25) is 19.2 Å². The fraction of sp³-hybridized carbons (Fsp3) is 0.556. The molecule has 0 aliphatic carbocycles. The second-order valence-corrected chi connectivity index (χ2v) is 3.42. The number of carboxylic acids is 1. The van der Waals surface area contributed by atoms with E-state index in [0.717, 1.165) is 6.92 Å². The summed E-state index contributed by atoms with van der Waals surface area (Å²) >= 11 is 0. The van der Waals surface area contributed by atoms with Crippen molar-refractivity contribution in [3.05, 3.63) is 0 Å². The second kappa shape index (κ2) is 4.73. The number of carbonyl (C=O) groups excluding carboxylic acids is 3. The lowest BCUT2D eigenvalue weighted by Gasteiger charge is -2.33. The number of hydrazine groups is 1. The van der Waals surface area contributed by atoms with Gasteiger partial charge in [0.2, 0.25) is 17.7 Å². The van der Waals surface area contributed by atoms with Crippen LogP contribution in [0.25, 0.3) is 0 Å². The fourth-order valence-corrected chi connectivity index (χ4v) is 1.46. The molecule has 1 saturated heterocycles. The van der Waals surface area contributed by atoms with Gasteiger partial charge in [-0.2, -0.15) is 5.01 Å². The molecule has 1 heterocycles. The van der Waals surface area contributed by atoms with Crippen LogP contribution >= 0.6 is 0 Å². The Bertz CT molecular complexity index is 336. The Morgan fingerprint density at radius 3 is 2.19 bits per heavy atom. The van der Waals surface area contributed by atoms with Gasteiger partial charge in [0.05, 0.1) is 0 Å². The van der Waals surface area contributed by atoms with Crippen LogP contribution in [0.3, 0.4) is 0 Å². The van der Waals surface area contributed by atoms with Crippen LogP contribution in [0.5, 0.6) is 0 Å². The molecule has 0 aromatic rings. The normalized spacial score (nSPS) is 16.2. The highest BCUT2D eigenvalue weighted by atomic mass is 16.4. The zero-order valence-electron chi connectivity index (χ0n) is 8.80. The van der Waals surface area contributed by atoms with Gasteiger partial charge in [0, 0.05) is 19.8 Å². The van der Waals surface area contributed by atoms with Crippen LogP contribution in [-0.4, -0.2) is 45.4 Å². The Hall–Kier alpha value is -1.92. The minimum absolute atomic E-state index is 0.148. The number of hydrogen-bond donors (Lipinski definition) is 1. The summed E-state index contributed by atoms with van der Waals surface area (Å²) in [6.07, 6.45) is 0.733. The van der Waals surface area contributed by atoms with Crippen molar-refractivity contribution in [3.63, 3.8) is 0 Å². The Balaban J connectivity index is 2.90. The highest BCUT2D eigenvalue weighted by Gasteiger charge is 2.33. The highest BCUT2D eigenvalue weighted by Crippen LogP contribution is 2.14. The first-order valence-electron chi connectivity index (χ1n) is 4.79. The van der Waals surface area contributed by atoms with E-state index in [1.807, 2.05) is 0 Å². The van der Waals surface area contributed by atoms with Crippen LogP contribution < -0.4 is 0 Å². The molecule has 1 aliphatic heterocycles. The average Bonchev–Trinajstić information content (AvgIpc) is 2.15. The summed E-state index contributed by atoms with van der Waals surface area (Å²) in [6, 6.07) is 0. The molecule has 88 valence electrons. The monoisotopic (exact) mass is 228 g/mol. The summed E-state index contributed by atoms with van der Waals surface area (Å²) in [5.41, 5.74) is 0. The zero-order chi connectivity index (χ0) is 12.3. The van der Waals surface area contributed by atoms with Crippen molar-refractivity contribution in [1.29, 1.82) is 0 Å². The molecule has 7 heteroatoms. The SMILES string of the molecule is CC(=O)N(CC(=O)O)N1C(=O)CCCC1=O. The third kappa shape index (κ3) is 2.56. The number of piperidine rings is 1. The van der Waals surface area contributed by atoms with Gasteiger partial charge in [-0.1, -0.05) is 0 Å². The van der Waals surface area contributed by atoms with Crippen LogP contribution in [-0.2, 0) is 19.2 Å². The number of amides is 3. The molecular weight excluding hydrogens is 216 g/mol. The van der Waals surface area contributed by atoms with Crippen LogP contribution in [0.1, 0.15) is 26.2 Å². The molecule has 7 nitrogen and oxygen atoms in total. The van der Waals surface area contributed by atoms with Crippen LogP contribution in [0.2, 0.25) is 0 Å². The Labute approximate surface area is 91.6 Å². The first kappa shape index (κ1) is 12.2. The van der Waals surface area contributed by atoms with Crippen molar-refractivity contribution in [2.75, 3.05) is 6.54 Å². The molecule has 0 radical (unpaired) electrons. The smallest absolute Gasteiger partial charge is 0.325 e. The van der Waals surface area contributed by atoms with Gasteiger partial charge >= 0.3 is 5.97 Å². The minimum atomic E-state index is -1.28. The first-order valence-corrected chi connectivity index (χ1v) is 4.79. The van der Waals surface area contributed by atoms with Gasteiger partial charge in [-0.05, 0) is 6.42 Å². The molecule has 1 rings (SSSR count). The lowest BCUT2D eigenvalue weighted by atomic mass is 10.1. The zero-order valence-corrected chi connectivity index (χ0v) is 8.80. The Kier molecular flexibility index (Phi) is 3.60. The van der Waals surface area contributed by atoms with Crippen molar-refractivity contribution in [2.45, 2.75) is 26.2 Å². The number of hydrogen-bond acceptors (Lipinski definition) is 4. The number of nitrogens with zero attached hydrogens (tertiary/aromatic N) is 2. The van der Waals surface area contributed by atoms with Gasteiger partial charge in [-0.15, -0.1) is 0 Å². The molecular formula is C9H12N2O5. The third-order valence-electron chi connectivity index (χ3n) is 2.14. The third-order valence-corrected chi connectivity index (χ3v) is 2.14. The van der Waals surface area contributed by atoms with Crippen molar-refractivity contribution in [2.24, 2.45) is 0 Å². The van der Waals surface area contributed by atoms with Gasteiger partial charge in [-0.25, -0.2) is 5.01 Å². The summed E-state index contributed by atoms with van der Waals surface area (Å²) in [4.78, 5) is 44.6. The summed E-state index contributed by atoms with van der Waals surface area (Å²) in [7, 11) is 0. The second-order valence-electron chi connectivity index (χ2n) is 3.42. The van der Waals surface area contributed by atoms with E-state index in [0.29, 0.717) is 16.4 Å². The molecule has 3 amide bonds. The molecule has 0 aromatic heterocycles. The summed E-state index contributed by atoms with van der Waals surface area (Å²) in [5, 5.41) is 9.89. The number of rotatable bonds is 3. The molecule has 0 bridgehead atoms. The van der Waals surface area contributed by atoms with Crippen LogP contribution in [0.4, 0.5) is 0 Å². The van der Waals surface area contributed by atoms with E-state index in [-0.39, 0.29) is 12.8 Å². The van der Waals surface area contributed by atoms with Crippen LogP contribution in [0.15, 0.2) is 0 Å². The number of imide groups is 1. The molecule has 0 aromatic carbocycles. The van der Waals surface area contributed by atoms with E-state index in [4.69, 9.17) is 5.11 Å². The van der Waals surface area contributed by atoms with Crippen molar-refractivity contribution < 1.29 is 24.3 Å². The molecule has 1 N–H and O–H groups in total. The van der Waals surface area contributed by atoms with Gasteiger partial charge < -0.3 is 5.11 Å². The Morgan fingerprint density at radius 2 is 1.81 bits per heavy atom. The molecule has 16 heavy (non-hydrogen) atoms. The minimum Gasteiger partial charge on any atom is -0.480 e. The average molecular weight is 228 g/mol. The lowest BCUT2D eigenvalue weighted by molar-refractivity contribution is -0.177. The van der Waals surface area contributed by atoms with E-state index in [1.54, 1.807) is 0 Å². The van der Waals surface area contributed by atoms with Gasteiger partial charge in [0.25, 0.3) is 0 Å². The van der Waals surface area contributed by atoms with Crippen molar-refractivity contribution in [3.8, 4) is 0 Å². The molecule has 0 saturated carbocycles. The summed E-state index contributed by atoms with van der Waals surface area (Å²) in [6.45, 7) is 0.422. The maximum absolute atomic E-state index is 11.5. The molecule has 1 fully saturated rings. The highest BCUT2D eigenvalue weighted by molar-refractivity contribution is 5.99. The van der Waals surface area contributed by atoms with Crippen LogP contribution in [0, 0.1) is 0 Å². The van der Waals surface area contributed by atoms with Gasteiger partial charge in [0.15, 0.2) is 0 Å². The molecule has 1 aliphatic rings. The number of carbonyl (C=O) groups is 4. The largest absolute Gasteiger partial charge is 0.480 e. The molecule has 0 atom stereocenters. The quantitative estimate of drug-likeness (QED) is 0.649. The summed E-state index contributed by atoms with van der Waals surface area (Å²) in [5.74, 6) is -2.99. The molecule has 0 unspecified atom stereocenters. The lowest BCUT2D eigenvalue weighted by Crippen LogP contribution is -2.55. The molecule has 0 spiro atoms. The first-order chi connectivity index (χ1) is 7.43. The van der Waals surface area contributed by atoms with Crippen molar-refractivity contribution in [1.82, 2.24) is 10.0 Å². The van der Waals surface area contributed by atoms with Crippen molar-refractivity contribution >= 4 is 23.7 Å². The van der Waals surface area contributed by atoms with E-state index in [2.05, 4.69) is 0 Å². The van der Waals surface area contributed by atoms with E-state index in [9.17, 15) is 19.2 Å². The predicted molar refractivity (Wildman–Crippen MR) is 50.7 cm³/mol. The topological polar surface area (TPSA) is 95.0 Å². The van der Waals surface area contributed by atoms with E-state index in [1.165, 1.54) is 0 Å². The maximum atomic E-state index is 11.5. The van der Waals surface area contributed by atoms with Gasteiger partial charge in [0.1, 0.15) is 6.54 Å². The summed E-state index contributed by atoms with van der Waals surface area (Å²) < 4.78 is 0. The maximum Gasteiger partial charge on any atom is 0.325 e. The van der Waals surface area contributed by atoms with E-state index < -0.39 is 30.2 Å². The standard InChI is InChI=1S/C9H12N2O5/c1-6(12)10(5-9(15)16)11-7(13)3-2-4-8(11)14/h2-5H2,1H3,(H,15,16). The van der Waals surface area contributed by atoms with E-state index >= 15 is 0 Å².